The van der Waals surface area contributed by atoms with Gasteiger partial charge in [-0.3, -0.25) is 9.59 Å². The molecule has 9 heteroatoms. The highest BCUT2D eigenvalue weighted by atomic mass is 35.5. The van der Waals surface area contributed by atoms with Gasteiger partial charge in [-0.25, -0.2) is 8.42 Å². The number of carbonyl (C=O) groups is 2. The molecule has 1 aromatic rings. The van der Waals surface area contributed by atoms with Gasteiger partial charge in [0.15, 0.2) is 0 Å². The fraction of sp³-hybridized carbons (Fsp3) is 0.704. The van der Waals surface area contributed by atoms with Crippen molar-refractivity contribution >= 4 is 33.4 Å². The number of sulfonamides is 1. The highest BCUT2D eigenvalue weighted by Crippen LogP contribution is 2.61. The molecule has 2 unspecified atom stereocenters. The van der Waals surface area contributed by atoms with Crippen molar-refractivity contribution in [2.24, 2.45) is 17.3 Å². The van der Waals surface area contributed by atoms with Gasteiger partial charge < -0.3 is 10.6 Å². The van der Waals surface area contributed by atoms with E-state index < -0.39 is 26.5 Å². The Morgan fingerprint density at radius 1 is 1.00 bits per heavy atom. The predicted octanol–water partition coefficient (Wildman–Crippen LogP) is 4.30. The lowest BCUT2D eigenvalue weighted by molar-refractivity contribution is -0.155. The van der Waals surface area contributed by atoms with E-state index in [-0.39, 0.29) is 27.8 Å². The third-order valence-corrected chi connectivity index (χ3v) is 11.1. The number of hydrogen-bond acceptors (Lipinski definition) is 4. The Morgan fingerprint density at radius 2 is 1.64 bits per heavy atom. The molecule has 0 aliphatic heterocycles. The molecule has 7 nitrogen and oxygen atoms in total. The number of halogens is 1. The summed E-state index contributed by atoms with van der Waals surface area (Å²) in [5.41, 5.74) is -2.30. The molecule has 36 heavy (non-hydrogen) atoms. The van der Waals surface area contributed by atoms with Gasteiger partial charge in [0, 0.05) is 11.6 Å². The first-order valence-electron chi connectivity index (χ1n) is 13.3. The van der Waals surface area contributed by atoms with Crippen LogP contribution in [-0.4, -0.2) is 37.4 Å². The van der Waals surface area contributed by atoms with Gasteiger partial charge in [0.25, 0.3) is 0 Å². The van der Waals surface area contributed by atoms with Crippen LogP contribution < -0.4 is 15.4 Å². The van der Waals surface area contributed by atoms with Crippen LogP contribution in [0.1, 0.15) is 84.5 Å². The number of amides is 2. The number of carbonyl (C=O) groups excluding carboxylic acids is 2. The Morgan fingerprint density at radius 3 is 2.28 bits per heavy atom. The largest absolute Gasteiger partial charge is 0.353 e. The van der Waals surface area contributed by atoms with Gasteiger partial charge in [-0.15, -0.1) is 0 Å². The zero-order valence-electron chi connectivity index (χ0n) is 21.2. The van der Waals surface area contributed by atoms with Gasteiger partial charge in [0.05, 0.1) is 10.4 Å². The van der Waals surface area contributed by atoms with E-state index in [0.717, 1.165) is 44.9 Å². The average molecular weight is 536 g/mol. The summed E-state index contributed by atoms with van der Waals surface area (Å²) in [4.78, 5) is 27.1. The fourth-order valence-corrected chi connectivity index (χ4v) is 9.65. The SMILES string of the molecule is CC(C)(NS(=O)(=O)c1ccccc1Cl)C(=O)NC12CC3CC(C1)CC(C(=O)NC1CCCCC1)(C3)C2. The maximum absolute atomic E-state index is 13.6. The topological polar surface area (TPSA) is 104 Å². The third kappa shape index (κ3) is 4.93. The highest BCUT2D eigenvalue weighted by Gasteiger charge is 2.61. The lowest BCUT2D eigenvalue weighted by Gasteiger charge is -2.61. The molecule has 0 radical (unpaired) electrons. The normalized spacial score (nSPS) is 32.3. The predicted molar refractivity (Wildman–Crippen MR) is 139 cm³/mol. The molecular formula is C27H38ClN3O4S. The molecule has 0 aromatic heterocycles. The van der Waals surface area contributed by atoms with E-state index in [4.69, 9.17) is 11.6 Å². The van der Waals surface area contributed by atoms with E-state index in [1.807, 2.05) is 0 Å². The Bertz CT molecular complexity index is 1130. The van der Waals surface area contributed by atoms with Crippen LogP contribution in [-0.2, 0) is 19.6 Å². The van der Waals surface area contributed by atoms with Crippen LogP contribution in [0.3, 0.4) is 0 Å². The number of benzene rings is 1. The summed E-state index contributed by atoms with van der Waals surface area (Å²) in [5.74, 6) is 0.613. The standard InChI is InChI=1S/C27H38ClN3O4S/c1-25(2,31-36(34,35)22-11-7-6-10-21(22)28)23(32)30-27-15-18-12-19(16-27)14-26(13-18,17-27)24(33)29-20-8-4-3-5-9-20/h6-7,10-11,18-20,31H,3-5,8-9,12-17H2,1-2H3,(H,29,33)(H,30,32). The zero-order chi connectivity index (χ0) is 25.8. The summed E-state index contributed by atoms with van der Waals surface area (Å²) >= 11 is 6.12. The minimum Gasteiger partial charge on any atom is -0.353 e. The summed E-state index contributed by atoms with van der Waals surface area (Å²) in [6.45, 7) is 3.14. The van der Waals surface area contributed by atoms with Gasteiger partial charge in [0.1, 0.15) is 10.4 Å². The van der Waals surface area contributed by atoms with Gasteiger partial charge >= 0.3 is 0 Å². The monoisotopic (exact) mass is 535 g/mol. The maximum atomic E-state index is 13.6. The first kappa shape index (κ1) is 26.0. The van der Waals surface area contributed by atoms with Crippen molar-refractivity contribution < 1.29 is 18.0 Å². The highest BCUT2D eigenvalue weighted by molar-refractivity contribution is 7.89. The quantitative estimate of drug-likeness (QED) is 0.484. The first-order valence-corrected chi connectivity index (χ1v) is 15.2. The minimum absolute atomic E-state index is 0.0549. The molecule has 0 heterocycles. The number of rotatable bonds is 7. The molecule has 0 saturated heterocycles. The van der Waals surface area contributed by atoms with Crippen LogP contribution >= 0.6 is 11.6 Å². The molecule has 4 bridgehead atoms. The van der Waals surface area contributed by atoms with Crippen molar-refractivity contribution in [3.8, 4) is 0 Å². The maximum Gasteiger partial charge on any atom is 0.243 e. The molecule has 5 fully saturated rings. The molecule has 2 atom stereocenters. The summed E-state index contributed by atoms with van der Waals surface area (Å²) in [5, 5.41) is 6.74. The van der Waals surface area contributed by atoms with Crippen LogP contribution in [0.4, 0.5) is 0 Å². The molecule has 3 N–H and O–H groups in total. The molecular weight excluding hydrogens is 498 g/mol. The molecule has 198 valence electrons. The molecule has 6 rings (SSSR count). The zero-order valence-corrected chi connectivity index (χ0v) is 22.8. The second kappa shape index (κ2) is 9.28. The average Bonchev–Trinajstić information content (AvgIpc) is 2.78. The second-order valence-electron chi connectivity index (χ2n) is 12.4. The van der Waals surface area contributed by atoms with Crippen molar-refractivity contribution in [2.45, 2.75) is 106 Å². The van der Waals surface area contributed by atoms with Crippen LogP contribution in [0.25, 0.3) is 0 Å². The second-order valence-corrected chi connectivity index (χ2v) is 14.5. The van der Waals surface area contributed by atoms with Crippen molar-refractivity contribution in [3.63, 3.8) is 0 Å². The summed E-state index contributed by atoms with van der Waals surface area (Å²) in [6, 6.07) is 6.46. The Balaban J connectivity index is 1.32. The number of hydrogen-bond donors (Lipinski definition) is 3. The van der Waals surface area contributed by atoms with Crippen molar-refractivity contribution in [1.82, 2.24) is 15.4 Å². The van der Waals surface area contributed by atoms with Gasteiger partial charge in [-0.2, -0.15) is 4.72 Å². The lowest BCUT2D eigenvalue weighted by atomic mass is 9.46. The van der Waals surface area contributed by atoms with Gasteiger partial charge in [0.2, 0.25) is 21.8 Å². The summed E-state index contributed by atoms with van der Waals surface area (Å²) < 4.78 is 28.6. The van der Waals surface area contributed by atoms with E-state index in [1.54, 1.807) is 26.0 Å². The van der Waals surface area contributed by atoms with E-state index in [2.05, 4.69) is 15.4 Å². The first-order chi connectivity index (χ1) is 16.9. The Kier molecular flexibility index (Phi) is 6.70. The van der Waals surface area contributed by atoms with E-state index in [1.165, 1.54) is 31.4 Å². The molecule has 5 saturated carbocycles. The smallest absolute Gasteiger partial charge is 0.243 e. The van der Waals surface area contributed by atoms with Crippen LogP contribution in [0.5, 0.6) is 0 Å². The number of nitrogens with one attached hydrogen (secondary N) is 3. The van der Waals surface area contributed by atoms with Crippen molar-refractivity contribution in [2.75, 3.05) is 0 Å². The summed E-state index contributed by atoms with van der Waals surface area (Å²) in [6.07, 6.45) is 10.9. The van der Waals surface area contributed by atoms with E-state index >= 15 is 0 Å². The van der Waals surface area contributed by atoms with E-state index in [9.17, 15) is 18.0 Å². The van der Waals surface area contributed by atoms with Crippen LogP contribution in [0.2, 0.25) is 5.02 Å². The van der Waals surface area contributed by atoms with Crippen LogP contribution in [0, 0.1) is 17.3 Å². The van der Waals surface area contributed by atoms with Gasteiger partial charge in [-0.1, -0.05) is 43.0 Å². The molecule has 5 aliphatic rings. The minimum atomic E-state index is -4.01. The molecule has 5 aliphatic carbocycles. The fourth-order valence-electron chi connectivity index (χ4n) is 7.76. The van der Waals surface area contributed by atoms with Crippen molar-refractivity contribution in [1.29, 1.82) is 0 Å². The summed E-state index contributed by atoms with van der Waals surface area (Å²) in [7, 11) is -4.01. The van der Waals surface area contributed by atoms with Gasteiger partial charge in [-0.05, 0) is 89.2 Å². The molecule has 1 aromatic carbocycles. The van der Waals surface area contributed by atoms with Crippen molar-refractivity contribution in [3.05, 3.63) is 29.3 Å². The Labute approximate surface area is 219 Å². The Hall–Kier alpha value is -1.64. The third-order valence-electron chi connectivity index (χ3n) is 8.95. The molecule has 0 spiro atoms. The molecule has 2 amide bonds. The van der Waals surface area contributed by atoms with Crippen LogP contribution in [0.15, 0.2) is 29.2 Å². The lowest BCUT2D eigenvalue weighted by Crippen LogP contribution is -2.69. The van der Waals surface area contributed by atoms with E-state index in [0.29, 0.717) is 18.3 Å².